The summed E-state index contributed by atoms with van der Waals surface area (Å²) in [6.07, 6.45) is 6.67. The predicted molar refractivity (Wildman–Crippen MR) is 89.2 cm³/mol. The SMILES string of the molecule is c1cncc(COCC2CN(C3CCOC3)Cc3ccnn3C2)c1. The lowest BCUT2D eigenvalue weighted by Crippen LogP contribution is -2.38. The highest BCUT2D eigenvalue weighted by atomic mass is 16.5. The Morgan fingerprint density at radius 1 is 1.25 bits per heavy atom. The Kier molecular flexibility index (Phi) is 4.87. The van der Waals surface area contributed by atoms with E-state index in [1.165, 1.54) is 5.69 Å². The van der Waals surface area contributed by atoms with Crippen LogP contribution in [-0.4, -0.2) is 52.1 Å². The number of nitrogens with zero attached hydrogens (tertiary/aromatic N) is 4. The second-order valence-corrected chi connectivity index (χ2v) is 6.69. The van der Waals surface area contributed by atoms with Crippen LogP contribution in [0.1, 0.15) is 17.7 Å². The summed E-state index contributed by atoms with van der Waals surface area (Å²) in [6, 6.07) is 6.64. The van der Waals surface area contributed by atoms with Crippen LogP contribution in [0.2, 0.25) is 0 Å². The first-order valence-corrected chi connectivity index (χ1v) is 8.67. The summed E-state index contributed by atoms with van der Waals surface area (Å²) in [5, 5.41) is 4.49. The lowest BCUT2D eigenvalue weighted by molar-refractivity contribution is 0.0558. The molecule has 6 heteroatoms. The predicted octanol–water partition coefficient (Wildman–Crippen LogP) is 1.72. The first-order chi connectivity index (χ1) is 11.9. The number of fused-ring (bicyclic) bond motifs is 1. The molecular formula is C18H24N4O2. The summed E-state index contributed by atoms with van der Waals surface area (Å²) in [7, 11) is 0. The Morgan fingerprint density at radius 2 is 2.25 bits per heavy atom. The molecule has 0 bridgehead atoms. The molecule has 2 aromatic rings. The van der Waals surface area contributed by atoms with Crippen LogP contribution in [0.5, 0.6) is 0 Å². The maximum absolute atomic E-state index is 5.98. The third-order valence-corrected chi connectivity index (χ3v) is 4.86. The van der Waals surface area contributed by atoms with Gasteiger partial charge < -0.3 is 9.47 Å². The van der Waals surface area contributed by atoms with Gasteiger partial charge in [-0.25, -0.2) is 0 Å². The van der Waals surface area contributed by atoms with Crippen molar-refractivity contribution in [1.82, 2.24) is 19.7 Å². The monoisotopic (exact) mass is 328 g/mol. The molecule has 6 nitrogen and oxygen atoms in total. The van der Waals surface area contributed by atoms with Crippen molar-refractivity contribution in [2.45, 2.75) is 32.2 Å². The number of pyridine rings is 1. The van der Waals surface area contributed by atoms with Crippen LogP contribution < -0.4 is 0 Å². The molecule has 2 aliphatic rings. The highest BCUT2D eigenvalue weighted by Gasteiger charge is 2.29. The molecule has 24 heavy (non-hydrogen) atoms. The highest BCUT2D eigenvalue weighted by Crippen LogP contribution is 2.22. The molecule has 0 radical (unpaired) electrons. The van der Waals surface area contributed by atoms with Crippen LogP contribution >= 0.6 is 0 Å². The molecular weight excluding hydrogens is 304 g/mol. The Balaban J connectivity index is 1.39. The second-order valence-electron chi connectivity index (χ2n) is 6.69. The Morgan fingerprint density at radius 3 is 3.08 bits per heavy atom. The van der Waals surface area contributed by atoms with Gasteiger partial charge in [0.1, 0.15) is 0 Å². The Labute approximate surface area is 142 Å². The van der Waals surface area contributed by atoms with E-state index < -0.39 is 0 Å². The number of ether oxygens (including phenoxy) is 2. The van der Waals surface area contributed by atoms with E-state index in [9.17, 15) is 0 Å². The first-order valence-electron chi connectivity index (χ1n) is 8.67. The standard InChI is InChI=1S/C18H24N4O2/c1-2-15(8-19-5-1)12-24-13-16-9-21(18-4-7-23-14-18)11-17-3-6-20-22(17)10-16/h1-3,5-6,8,16,18H,4,7,9-14H2. The van der Waals surface area contributed by atoms with E-state index in [1.54, 1.807) is 6.20 Å². The molecule has 0 saturated carbocycles. The van der Waals surface area contributed by atoms with Crippen LogP contribution in [0.15, 0.2) is 36.8 Å². The quantitative estimate of drug-likeness (QED) is 0.836. The van der Waals surface area contributed by atoms with Crippen molar-refractivity contribution in [2.24, 2.45) is 5.92 Å². The van der Waals surface area contributed by atoms with E-state index in [0.29, 0.717) is 18.6 Å². The van der Waals surface area contributed by atoms with E-state index in [-0.39, 0.29) is 0 Å². The van der Waals surface area contributed by atoms with Gasteiger partial charge in [0.15, 0.2) is 0 Å². The molecule has 2 atom stereocenters. The van der Waals surface area contributed by atoms with Gasteiger partial charge in [-0.05, 0) is 24.1 Å². The summed E-state index contributed by atoms with van der Waals surface area (Å²) in [6.45, 7) is 5.97. The summed E-state index contributed by atoms with van der Waals surface area (Å²) < 4.78 is 13.7. The zero-order chi connectivity index (χ0) is 16.2. The van der Waals surface area contributed by atoms with Crippen molar-refractivity contribution in [3.8, 4) is 0 Å². The van der Waals surface area contributed by atoms with Gasteiger partial charge in [-0.2, -0.15) is 5.10 Å². The van der Waals surface area contributed by atoms with E-state index >= 15 is 0 Å². The van der Waals surface area contributed by atoms with Gasteiger partial charge in [0, 0.05) is 56.8 Å². The molecule has 2 aliphatic heterocycles. The van der Waals surface area contributed by atoms with Crippen LogP contribution in [0.4, 0.5) is 0 Å². The summed E-state index contributed by atoms with van der Waals surface area (Å²) in [5.41, 5.74) is 2.41. The number of rotatable bonds is 5. The fourth-order valence-electron chi connectivity index (χ4n) is 3.59. The maximum Gasteiger partial charge on any atom is 0.0731 e. The lowest BCUT2D eigenvalue weighted by atomic mass is 10.1. The fourth-order valence-corrected chi connectivity index (χ4v) is 3.59. The van der Waals surface area contributed by atoms with Crippen molar-refractivity contribution in [2.75, 3.05) is 26.4 Å². The van der Waals surface area contributed by atoms with E-state index in [1.807, 2.05) is 24.5 Å². The molecule has 1 saturated heterocycles. The number of hydrogen-bond donors (Lipinski definition) is 0. The van der Waals surface area contributed by atoms with E-state index in [0.717, 1.165) is 51.4 Å². The van der Waals surface area contributed by atoms with E-state index in [2.05, 4.69) is 25.7 Å². The smallest absolute Gasteiger partial charge is 0.0731 e. The lowest BCUT2D eigenvalue weighted by Gasteiger charge is -2.28. The van der Waals surface area contributed by atoms with Crippen LogP contribution in [0.25, 0.3) is 0 Å². The number of hydrogen-bond acceptors (Lipinski definition) is 5. The second kappa shape index (κ2) is 7.42. The topological polar surface area (TPSA) is 52.4 Å². The summed E-state index contributed by atoms with van der Waals surface area (Å²) in [5.74, 6) is 0.434. The molecule has 0 aliphatic carbocycles. The molecule has 1 fully saturated rings. The third kappa shape index (κ3) is 3.66. The highest BCUT2D eigenvalue weighted by molar-refractivity contribution is 5.07. The van der Waals surface area contributed by atoms with Gasteiger partial charge in [0.25, 0.3) is 0 Å². The largest absolute Gasteiger partial charge is 0.380 e. The minimum absolute atomic E-state index is 0.434. The maximum atomic E-state index is 5.98. The summed E-state index contributed by atoms with van der Waals surface area (Å²) in [4.78, 5) is 6.68. The minimum Gasteiger partial charge on any atom is -0.380 e. The molecule has 128 valence electrons. The van der Waals surface area contributed by atoms with Crippen molar-refractivity contribution < 1.29 is 9.47 Å². The van der Waals surface area contributed by atoms with Crippen molar-refractivity contribution in [1.29, 1.82) is 0 Å². The van der Waals surface area contributed by atoms with Crippen molar-refractivity contribution >= 4 is 0 Å². The van der Waals surface area contributed by atoms with Gasteiger partial charge in [-0.3, -0.25) is 14.6 Å². The average Bonchev–Trinajstić information content (AvgIpc) is 3.25. The Bertz CT molecular complexity index is 639. The molecule has 0 aromatic carbocycles. The molecule has 0 spiro atoms. The van der Waals surface area contributed by atoms with Crippen LogP contribution in [0.3, 0.4) is 0 Å². The van der Waals surface area contributed by atoms with Crippen molar-refractivity contribution in [3.05, 3.63) is 48.0 Å². The normalized spacial score (nSPS) is 24.7. The van der Waals surface area contributed by atoms with Gasteiger partial charge in [0.05, 0.1) is 25.5 Å². The van der Waals surface area contributed by atoms with Gasteiger partial charge in [-0.15, -0.1) is 0 Å². The fraction of sp³-hybridized carbons (Fsp3) is 0.556. The number of aromatic nitrogens is 3. The van der Waals surface area contributed by atoms with Crippen molar-refractivity contribution in [3.63, 3.8) is 0 Å². The zero-order valence-corrected chi connectivity index (χ0v) is 13.9. The Hall–Kier alpha value is -1.76. The zero-order valence-electron chi connectivity index (χ0n) is 13.9. The first kappa shape index (κ1) is 15.7. The minimum atomic E-state index is 0.434. The molecule has 4 heterocycles. The molecule has 0 amide bonds. The molecule has 2 unspecified atom stereocenters. The van der Waals surface area contributed by atoms with Gasteiger partial charge >= 0.3 is 0 Å². The van der Waals surface area contributed by atoms with Gasteiger partial charge in [0.2, 0.25) is 0 Å². The molecule has 2 aromatic heterocycles. The van der Waals surface area contributed by atoms with Gasteiger partial charge in [-0.1, -0.05) is 6.07 Å². The third-order valence-electron chi connectivity index (χ3n) is 4.86. The summed E-state index contributed by atoms with van der Waals surface area (Å²) >= 11 is 0. The average molecular weight is 328 g/mol. The molecule has 4 rings (SSSR count). The van der Waals surface area contributed by atoms with Crippen LogP contribution in [0, 0.1) is 5.92 Å². The van der Waals surface area contributed by atoms with Crippen LogP contribution in [-0.2, 0) is 29.2 Å². The van der Waals surface area contributed by atoms with E-state index in [4.69, 9.17) is 9.47 Å². The molecule has 0 N–H and O–H groups in total.